The Hall–Kier alpha value is -3.53. The molecule has 30 heavy (non-hydrogen) atoms. The average molecular weight is 399 g/mol. The summed E-state index contributed by atoms with van der Waals surface area (Å²) >= 11 is 0. The smallest absolute Gasteiger partial charge is 0.303 e. The van der Waals surface area contributed by atoms with E-state index in [9.17, 15) is 4.79 Å². The summed E-state index contributed by atoms with van der Waals surface area (Å²) in [6.45, 7) is 3.26. The lowest BCUT2D eigenvalue weighted by Gasteiger charge is -2.11. The fraction of sp³-hybridized carbons (Fsp3) is 0.192. The highest BCUT2D eigenvalue weighted by Crippen LogP contribution is 2.23. The molecule has 1 heterocycles. The lowest BCUT2D eigenvalue weighted by molar-refractivity contribution is -0.137. The summed E-state index contributed by atoms with van der Waals surface area (Å²) in [5.41, 5.74) is 4.61. The molecular weight excluding hydrogens is 374 g/mol. The highest BCUT2D eigenvalue weighted by Gasteiger charge is 2.10. The molecule has 4 heteroatoms. The van der Waals surface area contributed by atoms with Crippen molar-refractivity contribution in [3.63, 3.8) is 0 Å². The van der Waals surface area contributed by atoms with Gasteiger partial charge in [-0.05, 0) is 58.3 Å². The first-order chi connectivity index (χ1) is 14.6. The molecule has 0 saturated carbocycles. The van der Waals surface area contributed by atoms with Crippen LogP contribution < -0.4 is 4.74 Å². The van der Waals surface area contributed by atoms with E-state index in [1.54, 1.807) is 0 Å². The maximum atomic E-state index is 10.9. The monoisotopic (exact) mass is 399 g/mol. The Morgan fingerprint density at radius 1 is 0.967 bits per heavy atom. The fourth-order valence-corrected chi connectivity index (χ4v) is 3.70. The van der Waals surface area contributed by atoms with Crippen LogP contribution in [0.15, 0.2) is 85.1 Å². The number of fused-ring (bicyclic) bond motifs is 1. The van der Waals surface area contributed by atoms with Crippen LogP contribution in [0.5, 0.6) is 5.75 Å². The van der Waals surface area contributed by atoms with E-state index in [1.807, 2.05) is 37.3 Å². The Kier molecular flexibility index (Phi) is 5.84. The number of hydrogen-bond donors (Lipinski definition) is 1. The van der Waals surface area contributed by atoms with Crippen LogP contribution in [-0.2, 0) is 17.9 Å². The molecule has 4 aromatic rings. The van der Waals surface area contributed by atoms with Crippen LogP contribution in [0.3, 0.4) is 0 Å². The van der Waals surface area contributed by atoms with Crippen LogP contribution in [0.4, 0.5) is 0 Å². The van der Waals surface area contributed by atoms with Gasteiger partial charge in [0, 0.05) is 18.3 Å². The predicted molar refractivity (Wildman–Crippen MR) is 119 cm³/mol. The van der Waals surface area contributed by atoms with Crippen molar-refractivity contribution in [2.45, 2.75) is 32.4 Å². The summed E-state index contributed by atoms with van der Waals surface area (Å²) in [5, 5.41) is 10.1. The van der Waals surface area contributed by atoms with Crippen LogP contribution >= 0.6 is 0 Å². The number of carboxylic acids is 1. The normalized spacial score (nSPS) is 12.0. The minimum Gasteiger partial charge on any atom is -0.489 e. The first kappa shape index (κ1) is 19.8. The summed E-state index contributed by atoms with van der Waals surface area (Å²) in [6, 6.07) is 26.7. The molecule has 1 aromatic heterocycles. The van der Waals surface area contributed by atoms with Crippen LogP contribution in [0.2, 0.25) is 0 Å². The van der Waals surface area contributed by atoms with Gasteiger partial charge in [-0.1, -0.05) is 55.5 Å². The maximum absolute atomic E-state index is 10.9. The van der Waals surface area contributed by atoms with Gasteiger partial charge < -0.3 is 14.4 Å². The second-order valence-corrected chi connectivity index (χ2v) is 7.68. The number of benzene rings is 3. The average Bonchev–Trinajstić information content (AvgIpc) is 3.15. The van der Waals surface area contributed by atoms with E-state index in [2.05, 4.69) is 59.3 Å². The second kappa shape index (κ2) is 8.87. The number of rotatable bonds is 8. The van der Waals surface area contributed by atoms with Crippen molar-refractivity contribution in [3.05, 3.63) is 102 Å². The Bertz CT molecular complexity index is 1130. The largest absolute Gasteiger partial charge is 0.489 e. The van der Waals surface area contributed by atoms with Crippen LogP contribution in [0.1, 0.15) is 36.0 Å². The number of carboxylic acid groups (broad SMARTS) is 1. The molecule has 0 bridgehead atoms. The minimum absolute atomic E-state index is 0.0149. The molecule has 0 fully saturated rings. The summed E-state index contributed by atoms with van der Waals surface area (Å²) in [6.07, 6.45) is 2.25. The van der Waals surface area contributed by atoms with E-state index in [0.29, 0.717) is 6.61 Å². The Morgan fingerprint density at radius 3 is 2.47 bits per heavy atom. The number of aliphatic carboxylic acids is 1. The highest BCUT2D eigenvalue weighted by atomic mass is 16.5. The molecule has 0 spiro atoms. The van der Waals surface area contributed by atoms with Crippen molar-refractivity contribution >= 4 is 16.9 Å². The van der Waals surface area contributed by atoms with Gasteiger partial charge >= 0.3 is 5.97 Å². The Balaban J connectivity index is 1.40. The zero-order valence-electron chi connectivity index (χ0n) is 17.0. The molecule has 4 rings (SSSR count). The van der Waals surface area contributed by atoms with Gasteiger partial charge in [-0.2, -0.15) is 0 Å². The van der Waals surface area contributed by atoms with Gasteiger partial charge in [-0.15, -0.1) is 0 Å². The fourth-order valence-electron chi connectivity index (χ4n) is 3.70. The van der Waals surface area contributed by atoms with Gasteiger partial charge in [0.2, 0.25) is 0 Å². The molecule has 0 amide bonds. The molecule has 3 aromatic carbocycles. The maximum Gasteiger partial charge on any atom is 0.303 e. The molecule has 152 valence electrons. The van der Waals surface area contributed by atoms with Gasteiger partial charge in [0.05, 0.1) is 6.42 Å². The minimum atomic E-state index is -0.782. The SMILES string of the molecule is CC(CC(=O)O)c1ccc(OCc2ccc3c(ccn3Cc3ccccc3)c2)cc1. The lowest BCUT2D eigenvalue weighted by atomic mass is 9.98. The number of hydrogen-bond acceptors (Lipinski definition) is 2. The summed E-state index contributed by atoms with van der Waals surface area (Å²) in [7, 11) is 0. The number of aromatic nitrogens is 1. The van der Waals surface area contributed by atoms with E-state index in [1.165, 1.54) is 16.5 Å². The molecular formula is C26H25NO3. The van der Waals surface area contributed by atoms with Crippen molar-refractivity contribution in [3.8, 4) is 5.75 Å². The Morgan fingerprint density at radius 2 is 1.73 bits per heavy atom. The molecule has 1 unspecified atom stereocenters. The van der Waals surface area contributed by atoms with Crippen LogP contribution in [-0.4, -0.2) is 15.6 Å². The van der Waals surface area contributed by atoms with Crippen LogP contribution in [0.25, 0.3) is 10.9 Å². The van der Waals surface area contributed by atoms with Crippen molar-refractivity contribution in [2.75, 3.05) is 0 Å². The quantitative estimate of drug-likeness (QED) is 0.404. The van der Waals surface area contributed by atoms with E-state index in [4.69, 9.17) is 9.84 Å². The standard InChI is InChI=1S/C26H25NO3/c1-19(15-26(28)29)22-8-10-24(11-9-22)30-18-21-7-12-25-23(16-21)13-14-27(25)17-20-5-3-2-4-6-20/h2-14,16,19H,15,17-18H2,1H3,(H,28,29). The Labute approximate surface area is 176 Å². The molecule has 1 atom stereocenters. The third kappa shape index (κ3) is 4.71. The highest BCUT2D eigenvalue weighted by molar-refractivity contribution is 5.81. The molecule has 0 aliphatic heterocycles. The van der Waals surface area contributed by atoms with Gasteiger partial charge in [0.25, 0.3) is 0 Å². The van der Waals surface area contributed by atoms with E-state index < -0.39 is 5.97 Å². The van der Waals surface area contributed by atoms with Gasteiger partial charge in [-0.3, -0.25) is 4.79 Å². The van der Waals surface area contributed by atoms with Crippen molar-refractivity contribution in [1.29, 1.82) is 0 Å². The van der Waals surface area contributed by atoms with E-state index in [0.717, 1.165) is 23.4 Å². The molecule has 0 saturated heterocycles. The van der Waals surface area contributed by atoms with Crippen LogP contribution in [0, 0.1) is 0 Å². The summed E-state index contributed by atoms with van der Waals surface area (Å²) < 4.78 is 8.19. The first-order valence-corrected chi connectivity index (χ1v) is 10.1. The summed E-state index contributed by atoms with van der Waals surface area (Å²) in [5.74, 6) is -0.0160. The van der Waals surface area contributed by atoms with Crippen molar-refractivity contribution in [1.82, 2.24) is 4.57 Å². The predicted octanol–water partition coefficient (Wildman–Crippen LogP) is 5.85. The third-order valence-electron chi connectivity index (χ3n) is 5.37. The molecule has 0 aliphatic rings. The third-order valence-corrected chi connectivity index (χ3v) is 5.37. The zero-order valence-corrected chi connectivity index (χ0v) is 17.0. The van der Waals surface area contributed by atoms with Crippen molar-refractivity contribution < 1.29 is 14.6 Å². The number of nitrogens with zero attached hydrogens (tertiary/aromatic N) is 1. The second-order valence-electron chi connectivity index (χ2n) is 7.68. The molecule has 1 N–H and O–H groups in total. The van der Waals surface area contributed by atoms with E-state index in [-0.39, 0.29) is 12.3 Å². The first-order valence-electron chi connectivity index (χ1n) is 10.1. The van der Waals surface area contributed by atoms with Gasteiger partial charge in [0.1, 0.15) is 12.4 Å². The number of ether oxygens (including phenoxy) is 1. The van der Waals surface area contributed by atoms with E-state index >= 15 is 0 Å². The molecule has 0 aliphatic carbocycles. The topological polar surface area (TPSA) is 51.5 Å². The number of carbonyl (C=O) groups is 1. The molecule has 0 radical (unpaired) electrons. The molecule has 4 nitrogen and oxygen atoms in total. The van der Waals surface area contributed by atoms with Gasteiger partial charge in [-0.25, -0.2) is 0 Å². The lowest BCUT2D eigenvalue weighted by Crippen LogP contribution is -2.03. The van der Waals surface area contributed by atoms with Crippen molar-refractivity contribution in [2.24, 2.45) is 0 Å². The zero-order chi connectivity index (χ0) is 20.9. The summed E-state index contributed by atoms with van der Waals surface area (Å²) in [4.78, 5) is 10.9. The van der Waals surface area contributed by atoms with Gasteiger partial charge in [0.15, 0.2) is 0 Å².